The number of hydrogen-bond donors (Lipinski definition) is 2. The number of carbonyl (C=O) groups excluding carboxylic acids is 1. The van der Waals surface area contributed by atoms with E-state index in [1.165, 1.54) is 23.5 Å². The first-order valence-electron chi connectivity index (χ1n) is 8.94. The summed E-state index contributed by atoms with van der Waals surface area (Å²) in [6.07, 6.45) is 0. The monoisotopic (exact) mass is 415 g/mol. The lowest BCUT2D eigenvalue weighted by Gasteiger charge is -2.16. The number of nitrogens with one attached hydrogen (secondary N) is 2. The van der Waals surface area contributed by atoms with E-state index in [0.29, 0.717) is 32.9 Å². The van der Waals surface area contributed by atoms with Crippen molar-refractivity contribution in [2.45, 2.75) is 19.9 Å². The third-order valence-corrected chi connectivity index (χ3v) is 5.43. The molecule has 0 unspecified atom stereocenters. The lowest BCUT2D eigenvalue weighted by Crippen LogP contribution is -2.26. The predicted molar refractivity (Wildman–Crippen MR) is 112 cm³/mol. The number of rotatable bonds is 7. The van der Waals surface area contributed by atoms with Crippen LogP contribution in [0.4, 0.5) is 15.2 Å². The number of thiazole rings is 1. The van der Waals surface area contributed by atoms with E-state index in [0.717, 1.165) is 5.56 Å². The molecule has 0 spiro atoms. The van der Waals surface area contributed by atoms with Gasteiger partial charge in [0.2, 0.25) is 0 Å². The van der Waals surface area contributed by atoms with Gasteiger partial charge in [0.05, 0.1) is 26.0 Å². The molecule has 2 N–H and O–H groups in total. The number of carbonyl (C=O) groups is 1. The van der Waals surface area contributed by atoms with Crippen molar-refractivity contribution >= 4 is 28.1 Å². The number of nitrogens with zero attached hydrogens (tertiary/aromatic N) is 1. The van der Waals surface area contributed by atoms with Crippen LogP contribution in [0.15, 0.2) is 42.5 Å². The standard InChI is InChI=1S/C21H22FN3O3S/c1-12(14-5-10-17(27-3)18(11-14)28-4)23-20(26)19-13(2)24-21(29-19)25-16-8-6-15(22)7-9-16/h5-12H,1-4H3,(H,23,26)(H,24,25)/t12-/m1/s1. The normalized spacial score (nSPS) is 11.6. The van der Waals surface area contributed by atoms with Crippen LogP contribution in [0.2, 0.25) is 0 Å². The molecular weight excluding hydrogens is 393 g/mol. The van der Waals surface area contributed by atoms with E-state index in [4.69, 9.17) is 9.47 Å². The minimum Gasteiger partial charge on any atom is -0.493 e. The average Bonchev–Trinajstić information content (AvgIpc) is 3.09. The minimum atomic E-state index is -0.310. The Morgan fingerprint density at radius 3 is 2.45 bits per heavy atom. The lowest BCUT2D eigenvalue weighted by molar-refractivity contribution is 0.0943. The molecule has 0 saturated heterocycles. The molecule has 29 heavy (non-hydrogen) atoms. The molecule has 0 aliphatic carbocycles. The molecule has 1 heterocycles. The van der Waals surface area contributed by atoms with Gasteiger partial charge < -0.3 is 20.1 Å². The van der Waals surface area contributed by atoms with Crippen molar-refractivity contribution < 1.29 is 18.7 Å². The molecule has 1 amide bonds. The van der Waals surface area contributed by atoms with Gasteiger partial charge in [-0.2, -0.15) is 0 Å². The van der Waals surface area contributed by atoms with Gasteiger partial charge in [0.1, 0.15) is 10.7 Å². The highest BCUT2D eigenvalue weighted by Gasteiger charge is 2.19. The Hall–Kier alpha value is -3.13. The van der Waals surface area contributed by atoms with E-state index < -0.39 is 0 Å². The van der Waals surface area contributed by atoms with Gasteiger partial charge in [-0.3, -0.25) is 4.79 Å². The number of benzene rings is 2. The number of methoxy groups -OCH3 is 2. The van der Waals surface area contributed by atoms with Crippen LogP contribution >= 0.6 is 11.3 Å². The fraction of sp³-hybridized carbons (Fsp3) is 0.238. The number of anilines is 2. The maximum atomic E-state index is 13.0. The lowest BCUT2D eigenvalue weighted by atomic mass is 10.1. The van der Waals surface area contributed by atoms with Crippen LogP contribution in [0, 0.1) is 12.7 Å². The van der Waals surface area contributed by atoms with Gasteiger partial charge in [0.25, 0.3) is 5.91 Å². The molecule has 0 radical (unpaired) electrons. The number of aryl methyl sites for hydroxylation is 1. The second kappa shape index (κ2) is 8.91. The maximum absolute atomic E-state index is 13.0. The molecule has 2 aromatic carbocycles. The van der Waals surface area contributed by atoms with Crippen molar-refractivity contribution in [3.8, 4) is 11.5 Å². The molecule has 152 valence electrons. The van der Waals surface area contributed by atoms with E-state index >= 15 is 0 Å². The Balaban J connectivity index is 1.72. The number of halogens is 1. The number of aromatic nitrogens is 1. The molecule has 0 bridgehead atoms. The van der Waals surface area contributed by atoms with Crippen molar-refractivity contribution in [3.63, 3.8) is 0 Å². The molecule has 6 nitrogen and oxygen atoms in total. The smallest absolute Gasteiger partial charge is 0.263 e. The number of hydrogen-bond acceptors (Lipinski definition) is 6. The topological polar surface area (TPSA) is 72.5 Å². The molecule has 1 atom stereocenters. The van der Waals surface area contributed by atoms with Gasteiger partial charge in [-0.25, -0.2) is 9.37 Å². The quantitative estimate of drug-likeness (QED) is 0.578. The van der Waals surface area contributed by atoms with Gasteiger partial charge in [0.15, 0.2) is 16.6 Å². The zero-order chi connectivity index (χ0) is 21.0. The second-order valence-electron chi connectivity index (χ2n) is 6.38. The molecular formula is C21H22FN3O3S. The molecule has 0 aliphatic rings. The van der Waals surface area contributed by atoms with Crippen LogP contribution in [0.1, 0.15) is 33.9 Å². The Kier molecular flexibility index (Phi) is 6.33. The van der Waals surface area contributed by atoms with Crippen molar-refractivity contribution in [1.29, 1.82) is 0 Å². The highest BCUT2D eigenvalue weighted by Crippen LogP contribution is 2.31. The molecule has 1 aromatic heterocycles. The first-order chi connectivity index (χ1) is 13.9. The summed E-state index contributed by atoms with van der Waals surface area (Å²) >= 11 is 1.24. The summed E-state index contributed by atoms with van der Waals surface area (Å²) in [6.45, 7) is 3.68. The van der Waals surface area contributed by atoms with E-state index in [2.05, 4.69) is 15.6 Å². The first-order valence-corrected chi connectivity index (χ1v) is 9.75. The minimum absolute atomic E-state index is 0.213. The maximum Gasteiger partial charge on any atom is 0.263 e. The predicted octanol–water partition coefficient (Wildman–Crippen LogP) is 4.84. The van der Waals surface area contributed by atoms with E-state index in [1.807, 2.05) is 19.1 Å². The highest BCUT2D eigenvalue weighted by atomic mass is 32.1. The largest absolute Gasteiger partial charge is 0.493 e. The van der Waals surface area contributed by atoms with Gasteiger partial charge in [-0.05, 0) is 55.8 Å². The molecule has 0 saturated carbocycles. The third kappa shape index (κ3) is 4.83. The van der Waals surface area contributed by atoms with Crippen LogP contribution in [0.3, 0.4) is 0 Å². The van der Waals surface area contributed by atoms with Crippen LogP contribution in [-0.2, 0) is 0 Å². The molecule has 3 aromatic rings. The van der Waals surface area contributed by atoms with Gasteiger partial charge >= 0.3 is 0 Å². The first kappa shape index (κ1) is 20.6. The Bertz CT molecular complexity index is 1000. The fourth-order valence-corrected chi connectivity index (χ4v) is 3.67. The molecule has 0 aliphatic heterocycles. The Morgan fingerprint density at radius 1 is 1.10 bits per heavy atom. The van der Waals surface area contributed by atoms with E-state index in [9.17, 15) is 9.18 Å². The third-order valence-electron chi connectivity index (χ3n) is 4.35. The van der Waals surface area contributed by atoms with Gasteiger partial charge in [-0.1, -0.05) is 17.4 Å². The highest BCUT2D eigenvalue weighted by molar-refractivity contribution is 7.17. The number of ether oxygens (including phenoxy) is 2. The van der Waals surface area contributed by atoms with Crippen LogP contribution in [0.5, 0.6) is 11.5 Å². The fourth-order valence-electron chi connectivity index (χ4n) is 2.78. The summed E-state index contributed by atoms with van der Waals surface area (Å²) in [5, 5.41) is 6.64. The van der Waals surface area contributed by atoms with Crippen LogP contribution in [-0.4, -0.2) is 25.1 Å². The summed E-state index contributed by atoms with van der Waals surface area (Å²) in [4.78, 5) is 17.7. The SMILES string of the molecule is COc1ccc([C@@H](C)NC(=O)c2sc(Nc3ccc(F)cc3)nc2C)cc1OC. The van der Waals surface area contributed by atoms with Gasteiger partial charge in [0, 0.05) is 5.69 Å². The summed E-state index contributed by atoms with van der Waals surface area (Å²) in [6, 6.07) is 11.2. The Morgan fingerprint density at radius 2 is 1.79 bits per heavy atom. The van der Waals surface area contributed by atoms with Crippen LogP contribution in [0.25, 0.3) is 0 Å². The van der Waals surface area contributed by atoms with E-state index in [-0.39, 0.29) is 17.8 Å². The van der Waals surface area contributed by atoms with Crippen molar-refractivity contribution in [3.05, 3.63) is 64.4 Å². The van der Waals surface area contributed by atoms with Gasteiger partial charge in [-0.15, -0.1) is 0 Å². The van der Waals surface area contributed by atoms with E-state index in [1.54, 1.807) is 39.3 Å². The molecule has 8 heteroatoms. The second-order valence-corrected chi connectivity index (χ2v) is 7.37. The van der Waals surface area contributed by atoms with Crippen molar-refractivity contribution in [2.75, 3.05) is 19.5 Å². The Labute approximate surface area is 172 Å². The zero-order valence-electron chi connectivity index (χ0n) is 16.6. The summed E-state index contributed by atoms with van der Waals surface area (Å²) < 4.78 is 23.6. The van der Waals surface area contributed by atoms with Crippen LogP contribution < -0.4 is 20.1 Å². The van der Waals surface area contributed by atoms with Crippen molar-refractivity contribution in [2.24, 2.45) is 0 Å². The number of amides is 1. The average molecular weight is 415 g/mol. The zero-order valence-corrected chi connectivity index (χ0v) is 17.4. The molecule has 0 fully saturated rings. The summed E-state index contributed by atoms with van der Waals surface area (Å²) in [7, 11) is 3.15. The summed E-state index contributed by atoms with van der Waals surface area (Å²) in [5.41, 5.74) is 2.21. The summed E-state index contributed by atoms with van der Waals surface area (Å²) in [5.74, 6) is 0.708. The van der Waals surface area contributed by atoms with Crippen molar-refractivity contribution in [1.82, 2.24) is 10.3 Å². The molecule has 3 rings (SSSR count).